The molecule has 0 fully saturated rings. The first-order valence-corrected chi connectivity index (χ1v) is 4.53. The van der Waals surface area contributed by atoms with Crippen LogP contribution >= 0.6 is 23.2 Å². The zero-order valence-corrected chi connectivity index (χ0v) is 8.93. The third-order valence-electron chi connectivity index (χ3n) is 1.48. The molecule has 0 N–H and O–H groups in total. The molecule has 0 aliphatic rings. The molecule has 0 saturated carbocycles. The quantitative estimate of drug-likeness (QED) is 0.755. The van der Waals surface area contributed by atoms with Crippen LogP contribution < -0.4 is 4.74 Å². The molecule has 14 heavy (non-hydrogen) atoms. The fourth-order valence-electron chi connectivity index (χ4n) is 0.768. The van der Waals surface area contributed by atoms with E-state index in [1.807, 2.05) is 0 Å². The highest BCUT2D eigenvalue weighted by Crippen LogP contribution is 2.26. The predicted octanol–water partition coefficient (Wildman–Crippen LogP) is 2.55. The SMILES string of the molecule is COC(=O)COc1ccc(Cl)c(Cl)c1. The maximum atomic E-state index is 10.7. The van der Waals surface area contributed by atoms with Crippen LogP contribution in [0.25, 0.3) is 0 Å². The molecule has 0 aliphatic carbocycles. The Labute approximate surface area is 91.5 Å². The molecule has 1 aromatic carbocycles. The Hall–Kier alpha value is -0.930. The second kappa shape index (κ2) is 5.08. The Morgan fingerprint density at radius 1 is 1.36 bits per heavy atom. The Morgan fingerprint density at radius 3 is 2.64 bits per heavy atom. The molecular formula is C9H8Cl2O3. The highest BCUT2D eigenvalue weighted by molar-refractivity contribution is 6.42. The van der Waals surface area contributed by atoms with E-state index in [1.54, 1.807) is 12.1 Å². The lowest BCUT2D eigenvalue weighted by molar-refractivity contribution is -0.142. The lowest BCUT2D eigenvalue weighted by Gasteiger charge is -2.05. The van der Waals surface area contributed by atoms with E-state index in [4.69, 9.17) is 27.9 Å². The number of ether oxygens (including phenoxy) is 2. The standard InChI is InChI=1S/C9H8Cl2O3/c1-13-9(12)5-14-6-2-3-7(10)8(11)4-6/h2-4H,5H2,1H3. The van der Waals surface area contributed by atoms with Gasteiger partial charge in [-0.2, -0.15) is 0 Å². The fraction of sp³-hybridized carbons (Fsp3) is 0.222. The molecule has 0 atom stereocenters. The lowest BCUT2D eigenvalue weighted by Crippen LogP contribution is -2.12. The maximum Gasteiger partial charge on any atom is 0.343 e. The van der Waals surface area contributed by atoms with E-state index in [2.05, 4.69) is 4.74 Å². The molecule has 0 saturated heterocycles. The lowest BCUT2D eigenvalue weighted by atomic mass is 10.3. The average molecular weight is 235 g/mol. The van der Waals surface area contributed by atoms with Gasteiger partial charge in [-0.25, -0.2) is 4.79 Å². The zero-order valence-electron chi connectivity index (χ0n) is 7.42. The Bertz CT molecular complexity index is 339. The minimum Gasteiger partial charge on any atom is -0.482 e. The van der Waals surface area contributed by atoms with Crippen LogP contribution in [0.4, 0.5) is 0 Å². The van der Waals surface area contributed by atoms with Crippen molar-refractivity contribution >= 4 is 29.2 Å². The Kier molecular flexibility index (Phi) is 4.04. The van der Waals surface area contributed by atoms with Gasteiger partial charge in [0.25, 0.3) is 0 Å². The van der Waals surface area contributed by atoms with Crippen LogP contribution in [0, 0.1) is 0 Å². The van der Waals surface area contributed by atoms with Gasteiger partial charge in [-0.05, 0) is 12.1 Å². The first-order valence-electron chi connectivity index (χ1n) is 3.78. The molecule has 76 valence electrons. The molecule has 0 heterocycles. The molecule has 0 aromatic heterocycles. The first kappa shape index (κ1) is 11.1. The number of benzene rings is 1. The van der Waals surface area contributed by atoms with E-state index in [1.165, 1.54) is 13.2 Å². The minimum absolute atomic E-state index is 0.144. The number of methoxy groups -OCH3 is 1. The van der Waals surface area contributed by atoms with Gasteiger partial charge in [0.2, 0.25) is 0 Å². The normalized spacial score (nSPS) is 9.64. The molecule has 5 heteroatoms. The van der Waals surface area contributed by atoms with E-state index in [-0.39, 0.29) is 6.61 Å². The van der Waals surface area contributed by atoms with E-state index < -0.39 is 5.97 Å². The van der Waals surface area contributed by atoms with Gasteiger partial charge < -0.3 is 9.47 Å². The van der Waals surface area contributed by atoms with Crippen LogP contribution in [0.3, 0.4) is 0 Å². The van der Waals surface area contributed by atoms with Crippen LogP contribution in [-0.4, -0.2) is 19.7 Å². The van der Waals surface area contributed by atoms with Gasteiger partial charge in [0.1, 0.15) is 5.75 Å². The van der Waals surface area contributed by atoms with Gasteiger partial charge in [0, 0.05) is 6.07 Å². The number of rotatable bonds is 3. The summed E-state index contributed by atoms with van der Waals surface area (Å²) in [5, 5.41) is 0.825. The van der Waals surface area contributed by atoms with E-state index in [0.717, 1.165) is 0 Å². The average Bonchev–Trinajstić information content (AvgIpc) is 2.19. The third kappa shape index (κ3) is 3.09. The van der Waals surface area contributed by atoms with Crippen LogP contribution in [-0.2, 0) is 9.53 Å². The molecule has 0 aliphatic heterocycles. The molecule has 1 aromatic rings. The summed E-state index contributed by atoms with van der Waals surface area (Å²) in [4.78, 5) is 10.7. The molecule has 0 radical (unpaired) electrons. The molecule has 0 unspecified atom stereocenters. The highest BCUT2D eigenvalue weighted by atomic mass is 35.5. The van der Waals surface area contributed by atoms with Gasteiger partial charge in [-0.3, -0.25) is 0 Å². The third-order valence-corrected chi connectivity index (χ3v) is 2.21. The summed E-state index contributed by atoms with van der Waals surface area (Å²) in [6, 6.07) is 4.75. The molecular weight excluding hydrogens is 227 g/mol. The van der Waals surface area contributed by atoms with Crippen LogP contribution in [0.5, 0.6) is 5.75 Å². The largest absolute Gasteiger partial charge is 0.482 e. The summed E-state index contributed by atoms with van der Waals surface area (Å²) in [6.45, 7) is -0.144. The molecule has 1 rings (SSSR count). The number of hydrogen-bond acceptors (Lipinski definition) is 3. The van der Waals surface area contributed by atoms with Crippen molar-refractivity contribution in [1.82, 2.24) is 0 Å². The number of carbonyl (C=O) groups is 1. The van der Waals surface area contributed by atoms with Crippen LogP contribution in [0.2, 0.25) is 10.0 Å². The first-order chi connectivity index (χ1) is 6.63. The van der Waals surface area contributed by atoms with Crippen molar-refractivity contribution in [3.63, 3.8) is 0 Å². The predicted molar refractivity (Wildman–Crippen MR) is 54.0 cm³/mol. The second-order valence-electron chi connectivity index (χ2n) is 2.44. The Morgan fingerprint density at radius 2 is 2.07 bits per heavy atom. The van der Waals surface area contributed by atoms with Gasteiger partial charge in [0.05, 0.1) is 17.2 Å². The molecule has 0 spiro atoms. The summed E-state index contributed by atoms with van der Waals surface area (Å²) < 4.78 is 9.48. The summed E-state index contributed by atoms with van der Waals surface area (Å²) >= 11 is 11.4. The van der Waals surface area contributed by atoms with Crippen molar-refractivity contribution in [2.45, 2.75) is 0 Å². The van der Waals surface area contributed by atoms with E-state index in [9.17, 15) is 4.79 Å². The number of halogens is 2. The minimum atomic E-state index is -0.448. The Balaban J connectivity index is 2.60. The second-order valence-corrected chi connectivity index (χ2v) is 3.26. The fourth-order valence-corrected chi connectivity index (χ4v) is 1.06. The maximum absolute atomic E-state index is 10.7. The number of hydrogen-bond donors (Lipinski definition) is 0. The smallest absolute Gasteiger partial charge is 0.343 e. The summed E-state index contributed by atoms with van der Waals surface area (Å²) in [6.07, 6.45) is 0. The summed E-state index contributed by atoms with van der Waals surface area (Å²) in [5.74, 6) is 0.0286. The van der Waals surface area contributed by atoms with Crippen LogP contribution in [0.15, 0.2) is 18.2 Å². The van der Waals surface area contributed by atoms with Crippen molar-refractivity contribution in [3.8, 4) is 5.75 Å². The number of esters is 1. The van der Waals surface area contributed by atoms with Crippen molar-refractivity contribution in [1.29, 1.82) is 0 Å². The molecule has 0 amide bonds. The van der Waals surface area contributed by atoms with Crippen molar-refractivity contribution in [2.75, 3.05) is 13.7 Å². The van der Waals surface area contributed by atoms with Gasteiger partial charge in [-0.1, -0.05) is 23.2 Å². The van der Waals surface area contributed by atoms with Gasteiger partial charge in [-0.15, -0.1) is 0 Å². The van der Waals surface area contributed by atoms with Crippen molar-refractivity contribution < 1.29 is 14.3 Å². The van der Waals surface area contributed by atoms with E-state index in [0.29, 0.717) is 15.8 Å². The summed E-state index contributed by atoms with van der Waals surface area (Å²) in [5.41, 5.74) is 0. The summed E-state index contributed by atoms with van der Waals surface area (Å²) in [7, 11) is 1.29. The van der Waals surface area contributed by atoms with Gasteiger partial charge in [0.15, 0.2) is 6.61 Å². The molecule has 0 bridgehead atoms. The van der Waals surface area contributed by atoms with Gasteiger partial charge >= 0.3 is 5.97 Å². The van der Waals surface area contributed by atoms with E-state index >= 15 is 0 Å². The van der Waals surface area contributed by atoms with Crippen molar-refractivity contribution in [2.24, 2.45) is 0 Å². The number of carbonyl (C=O) groups excluding carboxylic acids is 1. The molecule has 3 nitrogen and oxygen atoms in total. The zero-order chi connectivity index (χ0) is 10.6. The topological polar surface area (TPSA) is 35.5 Å². The monoisotopic (exact) mass is 234 g/mol. The highest BCUT2D eigenvalue weighted by Gasteiger charge is 2.03. The van der Waals surface area contributed by atoms with Crippen LogP contribution in [0.1, 0.15) is 0 Å². The van der Waals surface area contributed by atoms with Crippen molar-refractivity contribution in [3.05, 3.63) is 28.2 Å².